The van der Waals surface area contributed by atoms with Gasteiger partial charge in [-0.15, -0.1) is 12.6 Å². The van der Waals surface area contributed by atoms with Crippen molar-refractivity contribution in [2.45, 2.75) is 6.54 Å². The summed E-state index contributed by atoms with van der Waals surface area (Å²) in [7, 11) is 0. The van der Waals surface area contributed by atoms with Gasteiger partial charge in [-0.3, -0.25) is 9.99 Å². The molecule has 0 atom stereocenters. The maximum absolute atomic E-state index is 5.72. The SMILES string of the molecule is C=C(S)NC(=S)N(N)Cc1cccnc1. The molecule has 0 saturated carbocycles. The van der Waals surface area contributed by atoms with Gasteiger partial charge in [-0.1, -0.05) is 12.6 Å². The van der Waals surface area contributed by atoms with Crippen molar-refractivity contribution in [2.75, 3.05) is 0 Å². The molecule has 0 saturated heterocycles. The van der Waals surface area contributed by atoms with Gasteiger partial charge in [-0.2, -0.15) is 0 Å². The molecule has 0 fully saturated rings. The van der Waals surface area contributed by atoms with E-state index in [-0.39, 0.29) is 0 Å². The number of rotatable bonds is 3. The molecule has 0 aromatic carbocycles. The van der Waals surface area contributed by atoms with E-state index < -0.39 is 0 Å². The standard InChI is InChI=1S/C9H12N4S2/c1-7(14)12-9(15)13(10)6-8-3-2-4-11-5-8/h2-5,14H,1,6,10H2,(H,12,15). The summed E-state index contributed by atoms with van der Waals surface area (Å²) >= 11 is 8.98. The Labute approximate surface area is 99.6 Å². The van der Waals surface area contributed by atoms with E-state index in [4.69, 9.17) is 18.1 Å². The second kappa shape index (κ2) is 5.69. The van der Waals surface area contributed by atoms with Gasteiger partial charge >= 0.3 is 0 Å². The summed E-state index contributed by atoms with van der Waals surface area (Å²) in [6, 6.07) is 3.77. The van der Waals surface area contributed by atoms with Gasteiger partial charge in [0.1, 0.15) is 0 Å². The topological polar surface area (TPSA) is 54.2 Å². The van der Waals surface area contributed by atoms with Crippen molar-refractivity contribution in [1.82, 2.24) is 15.3 Å². The van der Waals surface area contributed by atoms with Crippen molar-refractivity contribution in [3.8, 4) is 0 Å². The molecule has 1 aromatic heterocycles. The molecule has 0 amide bonds. The van der Waals surface area contributed by atoms with Crippen LogP contribution in [0.3, 0.4) is 0 Å². The lowest BCUT2D eigenvalue weighted by Gasteiger charge is -2.19. The Morgan fingerprint density at radius 2 is 2.47 bits per heavy atom. The lowest BCUT2D eigenvalue weighted by Crippen LogP contribution is -2.42. The Bertz CT molecular complexity index is 352. The van der Waals surface area contributed by atoms with E-state index in [9.17, 15) is 0 Å². The fourth-order valence-electron chi connectivity index (χ4n) is 0.955. The Morgan fingerprint density at radius 3 is 3.00 bits per heavy atom. The number of hydrogen-bond donors (Lipinski definition) is 3. The number of hydrazine groups is 1. The molecule has 15 heavy (non-hydrogen) atoms. The fraction of sp³-hybridized carbons (Fsp3) is 0.111. The zero-order valence-corrected chi connectivity index (χ0v) is 9.76. The van der Waals surface area contributed by atoms with Crippen LogP contribution in [0.4, 0.5) is 0 Å². The third kappa shape index (κ3) is 4.28. The Kier molecular flexibility index (Phi) is 4.54. The zero-order valence-electron chi connectivity index (χ0n) is 8.05. The second-order valence-electron chi connectivity index (χ2n) is 2.87. The summed E-state index contributed by atoms with van der Waals surface area (Å²) in [4.78, 5) is 3.98. The van der Waals surface area contributed by atoms with Crippen LogP contribution >= 0.6 is 24.8 Å². The van der Waals surface area contributed by atoms with Gasteiger partial charge in [-0.25, -0.2) is 5.84 Å². The number of pyridine rings is 1. The smallest absolute Gasteiger partial charge is 0.188 e. The number of hydrogen-bond acceptors (Lipinski definition) is 4. The van der Waals surface area contributed by atoms with Crippen LogP contribution < -0.4 is 11.2 Å². The highest BCUT2D eigenvalue weighted by Gasteiger charge is 2.05. The Morgan fingerprint density at radius 1 is 1.73 bits per heavy atom. The van der Waals surface area contributed by atoms with Crippen molar-refractivity contribution in [3.63, 3.8) is 0 Å². The van der Waals surface area contributed by atoms with E-state index in [1.807, 2.05) is 12.1 Å². The van der Waals surface area contributed by atoms with E-state index >= 15 is 0 Å². The molecule has 6 heteroatoms. The summed E-state index contributed by atoms with van der Waals surface area (Å²) in [6.45, 7) is 4.04. The molecule has 1 aromatic rings. The predicted octanol–water partition coefficient (Wildman–Crippen LogP) is 1.03. The van der Waals surface area contributed by atoms with Gasteiger partial charge in [0.25, 0.3) is 0 Å². The number of thiocarbonyl (C=S) groups is 1. The van der Waals surface area contributed by atoms with Gasteiger partial charge < -0.3 is 5.32 Å². The lowest BCUT2D eigenvalue weighted by atomic mass is 10.3. The number of aromatic nitrogens is 1. The minimum absolute atomic E-state index is 0.374. The number of thiol groups is 1. The molecule has 0 aliphatic heterocycles. The van der Waals surface area contributed by atoms with Gasteiger partial charge in [-0.05, 0) is 23.8 Å². The highest BCUT2D eigenvalue weighted by Crippen LogP contribution is 2.00. The van der Waals surface area contributed by atoms with Crippen molar-refractivity contribution < 1.29 is 0 Å². The molecule has 0 aliphatic rings. The fourth-order valence-corrected chi connectivity index (χ4v) is 1.32. The van der Waals surface area contributed by atoms with E-state index in [1.54, 1.807) is 12.4 Å². The zero-order chi connectivity index (χ0) is 11.3. The summed E-state index contributed by atoms with van der Waals surface area (Å²) in [6.07, 6.45) is 3.44. The molecule has 1 rings (SSSR count). The Hall–Kier alpha value is -1.11. The molecule has 1 heterocycles. The van der Waals surface area contributed by atoms with Crippen molar-refractivity contribution in [2.24, 2.45) is 5.84 Å². The first-order chi connectivity index (χ1) is 7.09. The van der Waals surface area contributed by atoms with E-state index in [2.05, 4.69) is 29.5 Å². The summed E-state index contributed by atoms with van der Waals surface area (Å²) in [5, 5.41) is 4.97. The quantitative estimate of drug-likeness (QED) is 0.319. The van der Waals surface area contributed by atoms with Crippen LogP contribution in [0.5, 0.6) is 0 Å². The average molecular weight is 240 g/mol. The number of nitrogens with two attached hydrogens (primary N) is 1. The number of nitrogens with one attached hydrogen (secondary N) is 1. The largest absolute Gasteiger partial charge is 0.327 e. The van der Waals surface area contributed by atoms with Gasteiger partial charge in [0.2, 0.25) is 0 Å². The van der Waals surface area contributed by atoms with Crippen molar-refractivity contribution in [3.05, 3.63) is 41.7 Å². The average Bonchev–Trinajstić information content (AvgIpc) is 2.18. The van der Waals surface area contributed by atoms with Crippen LogP contribution in [0.2, 0.25) is 0 Å². The maximum Gasteiger partial charge on any atom is 0.188 e. The minimum atomic E-state index is 0.374. The van der Waals surface area contributed by atoms with Crippen molar-refractivity contribution >= 4 is 30.0 Å². The molecular weight excluding hydrogens is 228 g/mol. The van der Waals surface area contributed by atoms with Gasteiger partial charge in [0, 0.05) is 12.4 Å². The second-order valence-corrected chi connectivity index (χ2v) is 3.79. The molecule has 3 N–H and O–H groups in total. The van der Waals surface area contributed by atoms with Crippen LogP contribution in [0.1, 0.15) is 5.56 Å². The van der Waals surface area contributed by atoms with Gasteiger partial charge in [0.05, 0.1) is 11.6 Å². The maximum atomic E-state index is 5.72. The predicted molar refractivity (Wildman–Crippen MR) is 67.8 cm³/mol. The van der Waals surface area contributed by atoms with E-state index in [1.165, 1.54) is 5.01 Å². The highest BCUT2D eigenvalue weighted by molar-refractivity contribution is 7.84. The minimum Gasteiger partial charge on any atom is -0.327 e. The first kappa shape index (κ1) is 12.0. The van der Waals surface area contributed by atoms with Crippen LogP contribution in [0.25, 0.3) is 0 Å². The first-order valence-corrected chi connectivity index (χ1v) is 5.05. The lowest BCUT2D eigenvalue weighted by molar-refractivity contribution is 0.430. The summed E-state index contributed by atoms with van der Waals surface area (Å²) < 4.78 is 0. The van der Waals surface area contributed by atoms with Crippen LogP contribution in [0.15, 0.2) is 36.1 Å². The molecule has 0 unspecified atom stereocenters. The molecule has 0 aliphatic carbocycles. The van der Waals surface area contributed by atoms with Crippen LogP contribution in [-0.2, 0) is 6.54 Å². The number of nitrogens with zero attached hydrogens (tertiary/aromatic N) is 2. The first-order valence-electron chi connectivity index (χ1n) is 4.19. The van der Waals surface area contributed by atoms with Crippen molar-refractivity contribution in [1.29, 1.82) is 0 Å². The van der Waals surface area contributed by atoms with Crippen LogP contribution in [0, 0.1) is 0 Å². The highest BCUT2D eigenvalue weighted by atomic mass is 32.1. The third-order valence-electron chi connectivity index (χ3n) is 1.59. The molecule has 0 spiro atoms. The summed E-state index contributed by atoms with van der Waals surface area (Å²) in [5.74, 6) is 5.72. The summed E-state index contributed by atoms with van der Waals surface area (Å²) in [5.41, 5.74) is 0.980. The van der Waals surface area contributed by atoms with E-state index in [0.29, 0.717) is 16.7 Å². The normalized spacial score (nSPS) is 9.47. The Balaban J connectivity index is 2.52. The monoisotopic (exact) mass is 240 g/mol. The molecular formula is C9H12N4S2. The third-order valence-corrected chi connectivity index (χ3v) is 2.04. The molecule has 80 valence electrons. The molecule has 0 bridgehead atoms. The van der Waals surface area contributed by atoms with Crippen LogP contribution in [-0.4, -0.2) is 15.1 Å². The molecule has 4 nitrogen and oxygen atoms in total. The molecule has 0 radical (unpaired) electrons. The van der Waals surface area contributed by atoms with Gasteiger partial charge in [0.15, 0.2) is 5.11 Å². The van der Waals surface area contributed by atoms with E-state index in [0.717, 1.165) is 5.56 Å².